The van der Waals surface area contributed by atoms with Gasteiger partial charge in [0.25, 0.3) is 0 Å². The Morgan fingerprint density at radius 2 is 1.76 bits per heavy atom. The Kier molecular flexibility index (Phi) is 4.59. The zero-order valence-electron chi connectivity index (χ0n) is 11.5. The molecule has 2 aromatic carbocycles. The Morgan fingerprint density at radius 3 is 2.33 bits per heavy atom. The average Bonchev–Trinajstić information content (AvgIpc) is 2.49. The summed E-state index contributed by atoms with van der Waals surface area (Å²) in [5.74, 6) is -0.0639. The molecule has 0 fully saturated rings. The van der Waals surface area contributed by atoms with Crippen LogP contribution in [0.1, 0.15) is 11.1 Å². The van der Waals surface area contributed by atoms with Gasteiger partial charge in [0.1, 0.15) is 11.6 Å². The van der Waals surface area contributed by atoms with E-state index in [1.165, 1.54) is 37.4 Å². The maximum atomic E-state index is 13.2. The molecule has 0 radical (unpaired) electrons. The standard InChI is InChI=1S/C15H16FNO3S/c1-20-14-4-6-15(7-5-14)21(18,19)10-11-2-3-13(16)8-12(11)9-17/h2-8H,9-10,17H2,1H3. The average molecular weight is 309 g/mol. The number of hydrogen-bond donors (Lipinski definition) is 1. The van der Waals surface area contributed by atoms with E-state index in [0.29, 0.717) is 16.9 Å². The quantitative estimate of drug-likeness (QED) is 0.920. The molecule has 0 aliphatic carbocycles. The zero-order valence-corrected chi connectivity index (χ0v) is 12.4. The highest BCUT2D eigenvalue weighted by Crippen LogP contribution is 2.21. The van der Waals surface area contributed by atoms with Crippen molar-refractivity contribution in [3.8, 4) is 5.75 Å². The van der Waals surface area contributed by atoms with Crippen LogP contribution in [0.15, 0.2) is 47.4 Å². The third kappa shape index (κ3) is 3.59. The van der Waals surface area contributed by atoms with Gasteiger partial charge in [-0.3, -0.25) is 0 Å². The molecule has 0 unspecified atom stereocenters. The van der Waals surface area contributed by atoms with E-state index in [-0.39, 0.29) is 17.2 Å². The molecule has 0 spiro atoms. The monoisotopic (exact) mass is 309 g/mol. The number of methoxy groups -OCH3 is 1. The molecule has 21 heavy (non-hydrogen) atoms. The van der Waals surface area contributed by atoms with E-state index >= 15 is 0 Å². The van der Waals surface area contributed by atoms with Crippen LogP contribution in [0.4, 0.5) is 4.39 Å². The summed E-state index contributed by atoms with van der Waals surface area (Å²) in [6.07, 6.45) is 0. The lowest BCUT2D eigenvalue weighted by Crippen LogP contribution is -2.09. The van der Waals surface area contributed by atoms with Crippen LogP contribution in [-0.2, 0) is 22.1 Å². The number of nitrogens with two attached hydrogens (primary N) is 1. The van der Waals surface area contributed by atoms with Gasteiger partial charge in [0, 0.05) is 6.54 Å². The lowest BCUT2D eigenvalue weighted by molar-refractivity contribution is 0.414. The smallest absolute Gasteiger partial charge is 0.182 e. The van der Waals surface area contributed by atoms with E-state index in [2.05, 4.69) is 0 Å². The topological polar surface area (TPSA) is 69.4 Å². The van der Waals surface area contributed by atoms with Crippen LogP contribution in [0.25, 0.3) is 0 Å². The molecule has 112 valence electrons. The second-order valence-electron chi connectivity index (χ2n) is 4.55. The summed E-state index contributed by atoms with van der Waals surface area (Å²) in [5, 5.41) is 0. The van der Waals surface area contributed by atoms with E-state index < -0.39 is 15.7 Å². The summed E-state index contributed by atoms with van der Waals surface area (Å²) in [6, 6.07) is 10.1. The normalized spacial score (nSPS) is 11.4. The Bertz CT molecular complexity index is 727. The Hall–Kier alpha value is -1.92. The van der Waals surface area contributed by atoms with Crippen molar-refractivity contribution in [2.45, 2.75) is 17.2 Å². The van der Waals surface area contributed by atoms with Gasteiger partial charge >= 0.3 is 0 Å². The van der Waals surface area contributed by atoms with E-state index in [4.69, 9.17) is 10.5 Å². The molecule has 0 saturated heterocycles. The molecule has 2 aromatic rings. The fourth-order valence-electron chi connectivity index (χ4n) is 2.00. The molecular formula is C15H16FNO3S. The van der Waals surface area contributed by atoms with Crippen molar-refractivity contribution in [1.82, 2.24) is 0 Å². The molecule has 0 atom stereocenters. The SMILES string of the molecule is COc1ccc(S(=O)(=O)Cc2ccc(F)cc2CN)cc1. The van der Waals surface area contributed by atoms with Gasteiger partial charge in [-0.15, -0.1) is 0 Å². The predicted octanol–water partition coefficient (Wildman–Crippen LogP) is 2.27. The van der Waals surface area contributed by atoms with Crippen molar-refractivity contribution in [3.63, 3.8) is 0 Å². The van der Waals surface area contributed by atoms with E-state index in [9.17, 15) is 12.8 Å². The Balaban J connectivity index is 2.32. The lowest BCUT2D eigenvalue weighted by Gasteiger charge is -2.09. The fourth-order valence-corrected chi connectivity index (χ4v) is 3.40. The van der Waals surface area contributed by atoms with Crippen LogP contribution in [-0.4, -0.2) is 15.5 Å². The molecule has 0 bridgehead atoms. The highest BCUT2D eigenvalue weighted by atomic mass is 32.2. The lowest BCUT2D eigenvalue weighted by atomic mass is 10.1. The van der Waals surface area contributed by atoms with Crippen molar-refractivity contribution in [2.24, 2.45) is 5.73 Å². The largest absolute Gasteiger partial charge is 0.497 e. The van der Waals surface area contributed by atoms with Crippen molar-refractivity contribution >= 4 is 9.84 Å². The number of hydrogen-bond acceptors (Lipinski definition) is 4. The van der Waals surface area contributed by atoms with Crippen molar-refractivity contribution in [3.05, 3.63) is 59.4 Å². The summed E-state index contributed by atoms with van der Waals surface area (Å²) in [4.78, 5) is 0.190. The zero-order chi connectivity index (χ0) is 15.5. The van der Waals surface area contributed by atoms with Crippen LogP contribution in [0.3, 0.4) is 0 Å². The van der Waals surface area contributed by atoms with Crippen LogP contribution < -0.4 is 10.5 Å². The second-order valence-corrected chi connectivity index (χ2v) is 6.54. The van der Waals surface area contributed by atoms with Gasteiger partial charge in [-0.25, -0.2) is 12.8 Å². The van der Waals surface area contributed by atoms with Crippen LogP contribution >= 0.6 is 0 Å². The minimum atomic E-state index is -3.52. The van der Waals surface area contributed by atoms with Gasteiger partial charge < -0.3 is 10.5 Å². The first kappa shape index (κ1) is 15.5. The van der Waals surface area contributed by atoms with Crippen LogP contribution in [0.2, 0.25) is 0 Å². The number of sulfone groups is 1. The van der Waals surface area contributed by atoms with Gasteiger partial charge in [-0.05, 0) is 47.5 Å². The Labute approximate surface area is 123 Å². The van der Waals surface area contributed by atoms with Gasteiger partial charge in [0.15, 0.2) is 9.84 Å². The molecule has 4 nitrogen and oxygen atoms in total. The third-order valence-electron chi connectivity index (χ3n) is 3.15. The summed E-state index contributed by atoms with van der Waals surface area (Å²) in [5.41, 5.74) is 6.54. The van der Waals surface area contributed by atoms with Gasteiger partial charge in [-0.1, -0.05) is 6.07 Å². The van der Waals surface area contributed by atoms with Crippen molar-refractivity contribution < 1.29 is 17.5 Å². The molecule has 0 heterocycles. The molecule has 0 aromatic heterocycles. The fraction of sp³-hybridized carbons (Fsp3) is 0.200. The number of halogens is 1. The molecule has 0 aliphatic rings. The first-order valence-corrected chi connectivity index (χ1v) is 7.95. The first-order valence-electron chi connectivity index (χ1n) is 6.30. The summed E-state index contributed by atoms with van der Waals surface area (Å²) in [7, 11) is -2.01. The van der Waals surface area contributed by atoms with Gasteiger partial charge in [-0.2, -0.15) is 0 Å². The molecule has 6 heteroatoms. The van der Waals surface area contributed by atoms with Gasteiger partial charge in [0.05, 0.1) is 17.8 Å². The maximum absolute atomic E-state index is 13.2. The summed E-state index contributed by atoms with van der Waals surface area (Å²) < 4.78 is 42.9. The second kappa shape index (κ2) is 6.24. The highest BCUT2D eigenvalue weighted by molar-refractivity contribution is 7.90. The molecule has 0 aliphatic heterocycles. The minimum absolute atomic E-state index is 0.0885. The number of ether oxygens (including phenoxy) is 1. The van der Waals surface area contributed by atoms with Crippen molar-refractivity contribution in [1.29, 1.82) is 0 Å². The number of rotatable bonds is 5. The number of benzene rings is 2. The Morgan fingerprint density at radius 1 is 1.10 bits per heavy atom. The molecule has 2 rings (SSSR count). The molecular weight excluding hydrogens is 293 g/mol. The first-order chi connectivity index (χ1) is 9.96. The third-order valence-corrected chi connectivity index (χ3v) is 4.83. The van der Waals surface area contributed by atoms with E-state index in [1.54, 1.807) is 12.1 Å². The van der Waals surface area contributed by atoms with Crippen molar-refractivity contribution in [2.75, 3.05) is 7.11 Å². The predicted molar refractivity (Wildman–Crippen MR) is 78.2 cm³/mol. The molecule has 2 N–H and O–H groups in total. The maximum Gasteiger partial charge on any atom is 0.182 e. The van der Waals surface area contributed by atoms with E-state index in [1.807, 2.05) is 0 Å². The summed E-state index contributed by atoms with van der Waals surface area (Å²) in [6.45, 7) is 0.0885. The van der Waals surface area contributed by atoms with Crippen LogP contribution in [0.5, 0.6) is 5.75 Å². The minimum Gasteiger partial charge on any atom is -0.497 e. The van der Waals surface area contributed by atoms with Gasteiger partial charge in [0.2, 0.25) is 0 Å². The van der Waals surface area contributed by atoms with Crippen LogP contribution in [0, 0.1) is 5.82 Å². The molecule has 0 amide bonds. The van der Waals surface area contributed by atoms with E-state index in [0.717, 1.165) is 0 Å². The summed E-state index contributed by atoms with van der Waals surface area (Å²) >= 11 is 0. The molecule has 0 saturated carbocycles. The highest BCUT2D eigenvalue weighted by Gasteiger charge is 2.17.